The van der Waals surface area contributed by atoms with Gasteiger partial charge in [0.1, 0.15) is 0 Å². The van der Waals surface area contributed by atoms with Crippen molar-refractivity contribution >= 4 is 5.91 Å². The maximum absolute atomic E-state index is 12.0. The van der Waals surface area contributed by atoms with E-state index in [9.17, 15) is 4.79 Å². The van der Waals surface area contributed by atoms with Gasteiger partial charge in [-0.15, -0.1) is 0 Å². The first-order valence-electron chi connectivity index (χ1n) is 5.68. The fourth-order valence-electron chi connectivity index (χ4n) is 1.74. The number of hydrogen-bond donors (Lipinski definition) is 1. The average Bonchev–Trinajstić information content (AvgIpc) is 2.78. The zero-order chi connectivity index (χ0) is 11.4. The van der Waals surface area contributed by atoms with E-state index >= 15 is 0 Å². The lowest BCUT2D eigenvalue weighted by atomic mass is 9.98. The van der Waals surface area contributed by atoms with Crippen LogP contribution in [0.4, 0.5) is 0 Å². The van der Waals surface area contributed by atoms with Crippen molar-refractivity contribution in [2.45, 2.75) is 38.8 Å². The lowest BCUT2D eigenvalue weighted by Gasteiger charge is -2.28. The molecule has 1 heterocycles. The molecule has 0 aliphatic carbocycles. The van der Waals surface area contributed by atoms with Gasteiger partial charge in [0.05, 0.1) is 18.7 Å². The molecule has 1 aliphatic heterocycles. The minimum Gasteiger partial charge on any atom is -0.379 e. The first-order valence-corrected chi connectivity index (χ1v) is 5.68. The Bertz CT molecular complexity index is 215. The summed E-state index contributed by atoms with van der Waals surface area (Å²) in [5.41, 5.74) is 5.91. The summed E-state index contributed by atoms with van der Waals surface area (Å²) >= 11 is 0. The molecule has 0 bridgehead atoms. The van der Waals surface area contributed by atoms with Crippen molar-refractivity contribution in [1.82, 2.24) is 4.90 Å². The van der Waals surface area contributed by atoms with Crippen LogP contribution in [0.15, 0.2) is 0 Å². The smallest absolute Gasteiger partial charge is 0.239 e. The molecule has 0 aromatic carbocycles. The highest BCUT2D eigenvalue weighted by Crippen LogP contribution is 2.14. The largest absolute Gasteiger partial charge is 0.379 e. The van der Waals surface area contributed by atoms with Gasteiger partial charge in [0.25, 0.3) is 0 Å². The van der Waals surface area contributed by atoms with Crippen LogP contribution in [0.2, 0.25) is 0 Å². The Labute approximate surface area is 91.8 Å². The fourth-order valence-corrected chi connectivity index (χ4v) is 1.74. The molecule has 0 aromatic rings. The van der Waals surface area contributed by atoms with Crippen LogP contribution in [0.25, 0.3) is 0 Å². The van der Waals surface area contributed by atoms with Crippen LogP contribution >= 0.6 is 0 Å². The maximum atomic E-state index is 12.0. The topological polar surface area (TPSA) is 55.6 Å². The normalized spacial score (nSPS) is 24.9. The third-order valence-electron chi connectivity index (χ3n) is 3.34. The molecule has 0 saturated carbocycles. The Balaban J connectivity index is 2.50. The Morgan fingerprint density at radius 2 is 2.33 bits per heavy atom. The van der Waals surface area contributed by atoms with Gasteiger partial charge in [-0.25, -0.2) is 0 Å². The van der Waals surface area contributed by atoms with Gasteiger partial charge in [0.15, 0.2) is 0 Å². The second-order valence-electron chi connectivity index (χ2n) is 4.38. The maximum Gasteiger partial charge on any atom is 0.239 e. The summed E-state index contributed by atoms with van der Waals surface area (Å²) in [6.07, 6.45) is 1.86. The molecule has 88 valence electrons. The van der Waals surface area contributed by atoms with Crippen molar-refractivity contribution in [2.75, 3.05) is 20.3 Å². The van der Waals surface area contributed by atoms with Gasteiger partial charge >= 0.3 is 0 Å². The van der Waals surface area contributed by atoms with Crippen LogP contribution in [0.3, 0.4) is 0 Å². The van der Waals surface area contributed by atoms with E-state index in [2.05, 4.69) is 6.92 Å². The van der Waals surface area contributed by atoms with E-state index in [1.54, 1.807) is 4.90 Å². The first-order chi connectivity index (χ1) is 7.07. The molecule has 0 aromatic heterocycles. The standard InChI is InChI=1S/C11H22N2O2/c1-4-8(2)10(12)11(14)13(3)9-5-6-15-7-9/h8-10H,4-7,12H2,1-3H3/t8?,9?,10-/m0/s1. The monoisotopic (exact) mass is 214 g/mol. The van der Waals surface area contributed by atoms with Gasteiger partial charge in [-0.3, -0.25) is 4.79 Å². The van der Waals surface area contributed by atoms with Crippen LogP contribution in [0.5, 0.6) is 0 Å². The van der Waals surface area contributed by atoms with Gasteiger partial charge in [0.2, 0.25) is 5.91 Å². The lowest BCUT2D eigenvalue weighted by Crippen LogP contribution is -2.49. The minimum absolute atomic E-state index is 0.0415. The first kappa shape index (κ1) is 12.5. The molecule has 1 fully saturated rings. The molecule has 3 atom stereocenters. The van der Waals surface area contributed by atoms with Crippen LogP contribution in [0.1, 0.15) is 26.7 Å². The van der Waals surface area contributed by atoms with E-state index in [1.807, 2.05) is 14.0 Å². The Morgan fingerprint density at radius 1 is 1.67 bits per heavy atom. The highest BCUT2D eigenvalue weighted by atomic mass is 16.5. The number of rotatable bonds is 4. The second kappa shape index (κ2) is 5.47. The summed E-state index contributed by atoms with van der Waals surface area (Å²) in [4.78, 5) is 13.7. The molecule has 1 aliphatic rings. The van der Waals surface area contributed by atoms with Crippen molar-refractivity contribution in [3.63, 3.8) is 0 Å². The van der Waals surface area contributed by atoms with E-state index in [-0.39, 0.29) is 23.9 Å². The quantitative estimate of drug-likeness (QED) is 0.746. The van der Waals surface area contributed by atoms with E-state index in [0.717, 1.165) is 19.4 Å². The number of carbonyl (C=O) groups excluding carboxylic acids is 1. The Morgan fingerprint density at radius 3 is 2.80 bits per heavy atom. The number of likely N-dealkylation sites (N-methyl/N-ethyl adjacent to an activating group) is 1. The number of nitrogens with two attached hydrogens (primary N) is 1. The van der Waals surface area contributed by atoms with Gasteiger partial charge in [0, 0.05) is 13.7 Å². The van der Waals surface area contributed by atoms with Crippen LogP contribution < -0.4 is 5.73 Å². The molecule has 0 spiro atoms. The summed E-state index contributed by atoms with van der Waals surface area (Å²) in [6.45, 7) is 5.47. The summed E-state index contributed by atoms with van der Waals surface area (Å²) in [5, 5.41) is 0. The predicted molar refractivity (Wildman–Crippen MR) is 59.4 cm³/mol. The molecule has 0 radical (unpaired) electrons. The van der Waals surface area contributed by atoms with Crippen molar-refractivity contribution in [2.24, 2.45) is 11.7 Å². The number of ether oxygens (including phenoxy) is 1. The molecule has 2 N–H and O–H groups in total. The molecular weight excluding hydrogens is 192 g/mol. The van der Waals surface area contributed by atoms with Crippen molar-refractivity contribution < 1.29 is 9.53 Å². The third kappa shape index (κ3) is 2.92. The van der Waals surface area contributed by atoms with Crippen LogP contribution in [-0.4, -0.2) is 43.2 Å². The van der Waals surface area contributed by atoms with Gasteiger partial charge in [-0.1, -0.05) is 20.3 Å². The second-order valence-corrected chi connectivity index (χ2v) is 4.38. The van der Waals surface area contributed by atoms with Crippen LogP contribution in [-0.2, 0) is 9.53 Å². The van der Waals surface area contributed by atoms with E-state index in [4.69, 9.17) is 10.5 Å². The Kier molecular flexibility index (Phi) is 4.54. The van der Waals surface area contributed by atoms with E-state index in [1.165, 1.54) is 0 Å². The van der Waals surface area contributed by atoms with Gasteiger partial charge in [-0.05, 0) is 12.3 Å². The number of nitrogens with zero attached hydrogens (tertiary/aromatic N) is 1. The number of carbonyl (C=O) groups is 1. The molecule has 4 heteroatoms. The van der Waals surface area contributed by atoms with Crippen molar-refractivity contribution in [3.05, 3.63) is 0 Å². The van der Waals surface area contributed by atoms with Crippen molar-refractivity contribution in [1.29, 1.82) is 0 Å². The molecule has 1 rings (SSSR count). The number of hydrogen-bond acceptors (Lipinski definition) is 3. The van der Waals surface area contributed by atoms with Crippen LogP contribution in [0, 0.1) is 5.92 Å². The highest BCUT2D eigenvalue weighted by Gasteiger charge is 2.29. The minimum atomic E-state index is -0.374. The lowest BCUT2D eigenvalue weighted by molar-refractivity contribution is -0.134. The Hall–Kier alpha value is -0.610. The molecule has 1 amide bonds. The van der Waals surface area contributed by atoms with Gasteiger partial charge < -0.3 is 15.4 Å². The van der Waals surface area contributed by atoms with E-state index < -0.39 is 0 Å². The molecule has 4 nitrogen and oxygen atoms in total. The molecular formula is C11H22N2O2. The number of amides is 1. The van der Waals surface area contributed by atoms with E-state index in [0.29, 0.717) is 6.61 Å². The summed E-state index contributed by atoms with van der Waals surface area (Å²) in [6, 6.07) is -0.159. The van der Waals surface area contributed by atoms with Gasteiger partial charge in [-0.2, -0.15) is 0 Å². The SMILES string of the molecule is CCC(C)[C@H](N)C(=O)N(C)C1CCOC1. The molecule has 2 unspecified atom stereocenters. The zero-order valence-electron chi connectivity index (χ0n) is 9.90. The highest BCUT2D eigenvalue weighted by molar-refractivity contribution is 5.82. The summed E-state index contributed by atoms with van der Waals surface area (Å²) < 4.78 is 5.26. The third-order valence-corrected chi connectivity index (χ3v) is 3.34. The molecule has 15 heavy (non-hydrogen) atoms. The average molecular weight is 214 g/mol. The van der Waals surface area contributed by atoms with Crippen molar-refractivity contribution in [3.8, 4) is 0 Å². The molecule has 1 saturated heterocycles. The summed E-state index contributed by atoms with van der Waals surface area (Å²) in [7, 11) is 1.82. The predicted octanol–water partition coefficient (Wildman–Crippen LogP) is 0.607. The fraction of sp³-hybridized carbons (Fsp3) is 0.909. The summed E-state index contributed by atoms with van der Waals surface area (Å²) in [5.74, 6) is 0.280. The zero-order valence-corrected chi connectivity index (χ0v) is 9.90.